The second kappa shape index (κ2) is 16.4. The number of hydrogen-bond acceptors (Lipinski definition) is 10. The molecule has 0 unspecified atom stereocenters. The largest absolute Gasteiger partial charge is 0.496 e. The summed E-state index contributed by atoms with van der Waals surface area (Å²) in [4.78, 5) is 37.2. The first-order chi connectivity index (χ1) is 26.5. The molecule has 2 atom stereocenters. The molecule has 3 aliphatic rings. The molecule has 11 nitrogen and oxygen atoms in total. The highest BCUT2D eigenvalue weighted by Crippen LogP contribution is 2.45. The van der Waals surface area contributed by atoms with Gasteiger partial charge in [-0.25, -0.2) is 0 Å². The molecule has 2 aromatic heterocycles. The molecule has 3 N–H and O–H groups in total. The number of methoxy groups -OCH3 is 2. The van der Waals surface area contributed by atoms with Gasteiger partial charge in [-0.05, 0) is 73.4 Å². The number of hydroxylamine groups is 1. The van der Waals surface area contributed by atoms with Crippen molar-refractivity contribution < 1.29 is 41.8 Å². The second-order valence-corrected chi connectivity index (χ2v) is 14.3. The van der Waals surface area contributed by atoms with Crippen molar-refractivity contribution >= 4 is 23.5 Å². The maximum Gasteiger partial charge on any atom is 0.421 e. The molecular formula is C40H41ClF3N5O6. The molecule has 0 spiro atoms. The van der Waals surface area contributed by atoms with E-state index in [1.807, 2.05) is 42.5 Å². The van der Waals surface area contributed by atoms with Crippen LogP contribution >= 0.6 is 11.6 Å². The van der Waals surface area contributed by atoms with Gasteiger partial charge in [0.05, 0.1) is 37.4 Å². The van der Waals surface area contributed by atoms with E-state index < -0.39 is 29.7 Å². The Morgan fingerprint density at radius 2 is 1.80 bits per heavy atom. The zero-order chi connectivity index (χ0) is 38.7. The first kappa shape index (κ1) is 38.4. The number of carbonyl (C=O) groups is 2. The zero-order valence-corrected chi connectivity index (χ0v) is 31.1. The average molecular weight is 780 g/mol. The van der Waals surface area contributed by atoms with Crippen LogP contribution in [0, 0.1) is 5.92 Å². The molecule has 0 bridgehead atoms. The Labute approximate surface area is 321 Å². The summed E-state index contributed by atoms with van der Waals surface area (Å²) >= 11 is 7.12. The summed E-state index contributed by atoms with van der Waals surface area (Å²) in [6.45, 7) is 0.957. The Balaban J connectivity index is 1.13. The Hall–Kier alpha value is -4.92. The molecule has 2 aliphatic carbocycles. The highest BCUT2D eigenvalue weighted by Gasteiger charge is 2.39. The maximum atomic E-state index is 14.5. The molecule has 7 rings (SSSR count). The fourth-order valence-corrected chi connectivity index (χ4v) is 7.45. The molecular weight excluding hydrogens is 739 g/mol. The van der Waals surface area contributed by atoms with Crippen LogP contribution in [0.1, 0.15) is 72.4 Å². The lowest BCUT2D eigenvalue weighted by Crippen LogP contribution is -2.35. The van der Waals surface area contributed by atoms with Gasteiger partial charge in [-0.1, -0.05) is 41.9 Å². The fraction of sp³-hybridized carbons (Fsp3) is 0.400. The SMILES string of the molecule is COc1cc(-c2nccc(-c3cccc4c3CCC[C@H]4Oc3nc(OC)c(CNOC(=O)C4CC4)cc3C(F)(F)F)c2Cl)ccc1CNC[C@H]1CCC(=O)N1. The molecule has 2 fully saturated rings. The molecule has 0 radical (unpaired) electrons. The minimum atomic E-state index is -4.79. The lowest BCUT2D eigenvalue weighted by molar-refractivity contribution is -0.153. The van der Waals surface area contributed by atoms with E-state index in [0.29, 0.717) is 55.2 Å². The van der Waals surface area contributed by atoms with Crippen LogP contribution in [0.15, 0.2) is 54.7 Å². The maximum absolute atomic E-state index is 14.5. The highest BCUT2D eigenvalue weighted by molar-refractivity contribution is 6.35. The Morgan fingerprint density at radius 1 is 0.964 bits per heavy atom. The van der Waals surface area contributed by atoms with Crippen LogP contribution in [-0.4, -0.2) is 48.7 Å². The van der Waals surface area contributed by atoms with Crippen molar-refractivity contribution in [1.29, 1.82) is 0 Å². The van der Waals surface area contributed by atoms with Gasteiger partial charge < -0.3 is 29.7 Å². The molecule has 3 heterocycles. The Kier molecular flexibility index (Phi) is 11.5. The second-order valence-electron chi connectivity index (χ2n) is 13.9. The van der Waals surface area contributed by atoms with Gasteiger partial charge in [0.15, 0.2) is 0 Å². The van der Waals surface area contributed by atoms with Crippen molar-refractivity contribution in [2.24, 2.45) is 5.92 Å². The number of pyridine rings is 2. The first-order valence-electron chi connectivity index (χ1n) is 18.2. The van der Waals surface area contributed by atoms with E-state index in [1.54, 1.807) is 13.3 Å². The first-order valence-corrected chi connectivity index (χ1v) is 18.6. The third-order valence-electron chi connectivity index (χ3n) is 10.1. The Morgan fingerprint density at radius 3 is 2.53 bits per heavy atom. The third kappa shape index (κ3) is 8.66. The van der Waals surface area contributed by atoms with E-state index in [0.717, 1.165) is 58.7 Å². The number of nitrogens with one attached hydrogen (secondary N) is 3. The summed E-state index contributed by atoms with van der Waals surface area (Å²) in [5, 5.41) is 6.77. The van der Waals surface area contributed by atoms with Crippen LogP contribution in [0.4, 0.5) is 13.2 Å². The lowest BCUT2D eigenvalue weighted by Gasteiger charge is -2.29. The third-order valence-corrected chi connectivity index (χ3v) is 10.5. The van der Waals surface area contributed by atoms with Crippen molar-refractivity contribution in [3.8, 4) is 39.9 Å². The van der Waals surface area contributed by atoms with Crippen LogP contribution in [0.5, 0.6) is 17.5 Å². The molecule has 1 saturated carbocycles. The topological polar surface area (TPSA) is 133 Å². The highest BCUT2D eigenvalue weighted by atomic mass is 35.5. The number of amides is 1. The predicted octanol–water partition coefficient (Wildman–Crippen LogP) is 7.28. The molecule has 2 aromatic carbocycles. The number of alkyl halides is 3. The quantitative estimate of drug-likeness (QED) is 0.112. The van der Waals surface area contributed by atoms with Crippen molar-refractivity contribution in [3.05, 3.63) is 87.6 Å². The van der Waals surface area contributed by atoms with Gasteiger partial charge in [-0.2, -0.15) is 18.2 Å². The van der Waals surface area contributed by atoms with E-state index in [2.05, 4.69) is 26.1 Å². The van der Waals surface area contributed by atoms with Gasteiger partial charge in [-0.3, -0.25) is 14.6 Å². The van der Waals surface area contributed by atoms with E-state index in [1.165, 1.54) is 7.11 Å². The zero-order valence-electron chi connectivity index (χ0n) is 30.4. The fourth-order valence-electron chi connectivity index (χ4n) is 7.12. The summed E-state index contributed by atoms with van der Waals surface area (Å²) < 4.78 is 60.6. The van der Waals surface area contributed by atoms with E-state index in [9.17, 15) is 22.8 Å². The van der Waals surface area contributed by atoms with Crippen LogP contribution in [-0.2, 0) is 40.1 Å². The molecule has 15 heteroatoms. The standard InChI is InChI=1S/C40H41ClF3N5O6/c1-52-33-18-23(11-12-24(33)19-45-21-26-13-14-34(50)48-26)36-35(41)30(15-16-46-36)28-5-3-7-29-27(28)6-4-8-32(29)54-38-31(40(42,43)44)17-25(37(49-38)53-2)20-47-55-39(51)22-9-10-22/h3,5,7,11-12,15-18,22,26,32,45,47H,4,6,8-10,13-14,19-21H2,1-2H3,(H,48,50)/t26-,32-/m1/s1. The number of fused-ring (bicyclic) bond motifs is 1. The van der Waals surface area contributed by atoms with Gasteiger partial charge in [0.25, 0.3) is 0 Å². The monoisotopic (exact) mass is 779 g/mol. The average Bonchev–Trinajstić information content (AvgIpc) is 3.95. The van der Waals surface area contributed by atoms with E-state index >= 15 is 0 Å². The van der Waals surface area contributed by atoms with E-state index in [4.69, 9.17) is 30.6 Å². The number of carbonyl (C=O) groups excluding carboxylic acids is 2. The summed E-state index contributed by atoms with van der Waals surface area (Å²) in [7, 11) is 2.90. The van der Waals surface area contributed by atoms with Gasteiger partial charge in [0, 0.05) is 54.0 Å². The van der Waals surface area contributed by atoms with Crippen molar-refractivity contribution in [1.82, 2.24) is 26.1 Å². The van der Waals surface area contributed by atoms with Crippen molar-refractivity contribution in [3.63, 3.8) is 0 Å². The summed E-state index contributed by atoms with van der Waals surface area (Å²) in [6.07, 6.45) is 0.732. The minimum Gasteiger partial charge on any atom is -0.496 e. The van der Waals surface area contributed by atoms with Crippen LogP contribution in [0.2, 0.25) is 5.02 Å². The number of benzene rings is 2. The number of halogens is 4. The summed E-state index contributed by atoms with van der Waals surface area (Å²) in [5.74, 6) is -0.587. The van der Waals surface area contributed by atoms with Gasteiger partial charge in [0.2, 0.25) is 17.7 Å². The molecule has 4 aromatic rings. The lowest BCUT2D eigenvalue weighted by atomic mass is 9.84. The number of rotatable bonds is 14. The van der Waals surface area contributed by atoms with Crippen LogP contribution in [0.25, 0.3) is 22.4 Å². The Bertz CT molecular complexity index is 2080. The van der Waals surface area contributed by atoms with Crippen LogP contribution in [0.3, 0.4) is 0 Å². The van der Waals surface area contributed by atoms with Gasteiger partial charge in [0.1, 0.15) is 17.4 Å². The number of nitrogens with zero attached hydrogens (tertiary/aromatic N) is 2. The molecule has 1 saturated heterocycles. The summed E-state index contributed by atoms with van der Waals surface area (Å²) in [6, 6.07) is 14.2. The molecule has 1 amide bonds. The smallest absolute Gasteiger partial charge is 0.421 e. The molecule has 1 aliphatic heterocycles. The van der Waals surface area contributed by atoms with Gasteiger partial charge in [-0.15, -0.1) is 5.48 Å². The predicted molar refractivity (Wildman–Crippen MR) is 197 cm³/mol. The number of aromatic nitrogens is 2. The number of ether oxygens (including phenoxy) is 3. The summed E-state index contributed by atoms with van der Waals surface area (Å²) in [5.41, 5.74) is 6.87. The molecule has 290 valence electrons. The van der Waals surface area contributed by atoms with Crippen molar-refractivity contribution in [2.45, 2.75) is 76.4 Å². The van der Waals surface area contributed by atoms with Crippen LogP contribution < -0.4 is 30.3 Å². The van der Waals surface area contributed by atoms with Gasteiger partial charge >= 0.3 is 12.1 Å². The normalized spacial score (nSPS) is 18.0. The van der Waals surface area contributed by atoms with Crippen molar-refractivity contribution in [2.75, 3.05) is 20.8 Å². The molecule has 55 heavy (non-hydrogen) atoms. The minimum absolute atomic E-state index is 0.0553. The number of hydrogen-bond donors (Lipinski definition) is 3. The van der Waals surface area contributed by atoms with E-state index in [-0.39, 0.29) is 35.9 Å².